The fourth-order valence-electron chi connectivity index (χ4n) is 2.48. The van der Waals surface area contributed by atoms with Crippen molar-refractivity contribution in [2.45, 2.75) is 32.4 Å². The summed E-state index contributed by atoms with van der Waals surface area (Å²) < 4.78 is 14.6. The molecule has 1 aliphatic heterocycles. The van der Waals surface area contributed by atoms with Gasteiger partial charge in [-0.2, -0.15) is 0 Å². The lowest BCUT2D eigenvalue weighted by Crippen LogP contribution is -2.43. The highest BCUT2D eigenvalue weighted by atomic mass is 79.9. The molecular weight excluding hydrogens is 313 g/mol. The van der Waals surface area contributed by atoms with Crippen LogP contribution >= 0.6 is 15.9 Å². The third kappa shape index (κ3) is 3.54. The zero-order chi connectivity index (χ0) is 14.0. The lowest BCUT2D eigenvalue weighted by atomic mass is 9.93. The van der Waals surface area contributed by atoms with Crippen molar-refractivity contribution >= 4 is 21.9 Å². The van der Waals surface area contributed by atoms with Gasteiger partial charge in [-0.3, -0.25) is 9.69 Å². The van der Waals surface area contributed by atoms with E-state index in [0.29, 0.717) is 25.1 Å². The highest BCUT2D eigenvalue weighted by Gasteiger charge is 2.29. The molecule has 1 fully saturated rings. The van der Waals surface area contributed by atoms with Gasteiger partial charge < -0.3 is 5.11 Å². The molecular formula is C14H17BrFNO2. The van der Waals surface area contributed by atoms with Crippen LogP contribution in [0.2, 0.25) is 0 Å². The molecule has 1 aromatic rings. The van der Waals surface area contributed by atoms with Crippen LogP contribution < -0.4 is 0 Å². The molecule has 1 saturated heterocycles. The summed E-state index contributed by atoms with van der Waals surface area (Å²) in [6, 6.07) is 5.14. The maximum absolute atomic E-state index is 13.7. The lowest BCUT2D eigenvalue weighted by molar-refractivity contribution is -0.144. The van der Waals surface area contributed by atoms with E-state index >= 15 is 0 Å². The van der Waals surface area contributed by atoms with Crippen molar-refractivity contribution in [1.82, 2.24) is 4.90 Å². The molecule has 0 amide bonds. The number of hydrogen-bond donors (Lipinski definition) is 1. The predicted molar refractivity (Wildman–Crippen MR) is 74.3 cm³/mol. The molecule has 104 valence electrons. The van der Waals surface area contributed by atoms with Crippen molar-refractivity contribution in [3.8, 4) is 0 Å². The topological polar surface area (TPSA) is 40.5 Å². The van der Waals surface area contributed by atoms with Gasteiger partial charge in [0, 0.05) is 29.2 Å². The van der Waals surface area contributed by atoms with Crippen LogP contribution in [-0.2, 0) is 11.3 Å². The van der Waals surface area contributed by atoms with Crippen LogP contribution in [0.1, 0.15) is 25.3 Å². The number of aliphatic carboxylic acids is 1. The molecule has 0 aliphatic carbocycles. The summed E-state index contributed by atoms with van der Waals surface area (Å²) in [5.74, 6) is -1.34. The Kier molecular flexibility index (Phi) is 4.58. The summed E-state index contributed by atoms with van der Waals surface area (Å²) >= 11 is 3.33. The van der Waals surface area contributed by atoms with E-state index < -0.39 is 5.97 Å². The number of carboxylic acids is 1. The van der Waals surface area contributed by atoms with Crippen molar-refractivity contribution in [3.05, 3.63) is 34.1 Å². The van der Waals surface area contributed by atoms with Gasteiger partial charge in [0.25, 0.3) is 0 Å². The fourth-order valence-corrected chi connectivity index (χ4v) is 2.89. The molecule has 2 unspecified atom stereocenters. The van der Waals surface area contributed by atoms with Crippen LogP contribution in [0.15, 0.2) is 22.7 Å². The first-order valence-electron chi connectivity index (χ1n) is 6.38. The molecule has 1 heterocycles. The van der Waals surface area contributed by atoms with Gasteiger partial charge in [-0.15, -0.1) is 0 Å². The van der Waals surface area contributed by atoms with E-state index in [1.807, 2.05) is 4.90 Å². The van der Waals surface area contributed by atoms with Crippen molar-refractivity contribution < 1.29 is 14.3 Å². The molecule has 0 spiro atoms. The van der Waals surface area contributed by atoms with Gasteiger partial charge in [0.05, 0.1) is 5.92 Å². The minimum absolute atomic E-state index is 0.243. The van der Waals surface area contributed by atoms with Gasteiger partial charge in [0.2, 0.25) is 0 Å². The van der Waals surface area contributed by atoms with Crippen LogP contribution in [0.3, 0.4) is 0 Å². The second-order valence-electron chi connectivity index (χ2n) is 5.13. The number of likely N-dealkylation sites (tertiary alicyclic amines) is 1. The summed E-state index contributed by atoms with van der Waals surface area (Å²) in [6.07, 6.45) is 1.54. The third-order valence-corrected chi connectivity index (χ3v) is 4.23. The average molecular weight is 330 g/mol. The van der Waals surface area contributed by atoms with Crippen LogP contribution in [0.4, 0.5) is 4.39 Å². The molecule has 2 rings (SSSR count). The first kappa shape index (κ1) is 14.5. The molecule has 0 bridgehead atoms. The van der Waals surface area contributed by atoms with Crippen molar-refractivity contribution in [3.63, 3.8) is 0 Å². The summed E-state index contributed by atoms with van der Waals surface area (Å²) in [7, 11) is 0. The highest BCUT2D eigenvalue weighted by Crippen LogP contribution is 2.25. The Labute approximate surface area is 120 Å². The largest absolute Gasteiger partial charge is 0.481 e. The molecule has 1 N–H and O–H groups in total. The molecule has 0 saturated carbocycles. The average Bonchev–Trinajstić information content (AvgIpc) is 2.36. The van der Waals surface area contributed by atoms with E-state index in [4.69, 9.17) is 5.11 Å². The van der Waals surface area contributed by atoms with Crippen molar-refractivity contribution in [1.29, 1.82) is 0 Å². The molecule has 19 heavy (non-hydrogen) atoms. The number of halogens is 2. The SMILES string of the molecule is CC1CCC(C(=O)O)CN1Cc1cc(Br)ccc1F. The number of carboxylic acid groups (broad SMARTS) is 1. The van der Waals surface area contributed by atoms with E-state index in [1.54, 1.807) is 12.1 Å². The van der Waals surface area contributed by atoms with Crippen LogP contribution in [0.5, 0.6) is 0 Å². The van der Waals surface area contributed by atoms with Crippen molar-refractivity contribution in [2.75, 3.05) is 6.54 Å². The number of rotatable bonds is 3. The predicted octanol–water partition coefficient (Wildman–Crippen LogP) is 3.27. The Morgan fingerprint density at radius 1 is 1.53 bits per heavy atom. The Morgan fingerprint density at radius 2 is 2.26 bits per heavy atom. The monoisotopic (exact) mass is 329 g/mol. The zero-order valence-electron chi connectivity index (χ0n) is 10.8. The molecule has 0 radical (unpaired) electrons. The van der Waals surface area contributed by atoms with Gasteiger partial charge in [-0.1, -0.05) is 15.9 Å². The Hall–Kier alpha value is -0.940. The van der Waals surface area contributed by atoms with E-state index in [-0.39, 0.29) is 17.8 Å². The molecule has 1 aromatic carbocycles. The first-order valence-corrected chi connectivity index (χ1v) is 7.17. The number of benzene rings is 1. The quantitative estimate of drug-likeness (QED) is 0.925. The standard InChI is InChI=1S/C14H17BrFNO2/c1-9-2-3-10(14(18)19)7-17(9)8-11-6-12(15)4-5-13(11)16/h4-6,9-10H,2-3,7-8H2,1H3,(H,18,19). The fraction of sp³-hybridized carbons (Fsp3) is 0.500. The summed E-state index contributed by atoms with van der Waals surface area (Å²) in [5.41, 5.74) is 0.604. The lowest BCUT2D eigenvalue weighted by Gasteiger charge is -2.36. The number of nitrogens with zero attached hydrogens (tertiary/aromatic N) is 1. The first-order chi connectivity index (χ1) is 8.97. The van der Waals surface area contributed by atoms with Crippen LogP contribution in [-0.4, -0.2) is 28.6 Å². The maximum Gasteiger partial charge on any atom is 0.307 e. The van der Waals surface area contributed by atoms with Gasteiger partial charge in [0.1, 0.15) is 5.82 Å². The Morgan fingerprint density at radius 3 is 2.95 bits per heavy atom. The minimum atomic E-state index is -0.758. The number of piperidine rings is 1. The molecule has 5 heteroatoms. The minimum Gasteiger partial charge on any atom is -0.481 e. The van der Waals surface area contributed by atoms with E-state index in [0.717, 1.165) is 10.9 Å². The summed E-state index contributed by atoms with van der Waals surface area (Å²) in [6.45, 7) is 3.01. The zero-order valence-corrected chi connectivity index (χ0v) is 12.4. The second-order valence-corrected chi connectivity index (χ2v) is 6.04. The number of carbonyl (C=O) groups is 1. The van der Waals surface area contributed by atoms with Crippen molar-refractivity contribution in [2.24, 2.45) is 5.92 Å². The number of hydrogen-bond acceptors (Lipinski definition) is 2. The Balaban J connectivity index is 2.12. The van der Waals surface area contributed by atoms with E-state index in [9.17, 15) is 9.18 Å². The maximum atomic E-state index is 13.7. The highest BCUT2D eigenvalue weighted by molar-refractivity contribution is 9.10. The van der Waals surface area contributed by atoms with Gasteiger partial charge in [0.15, 0.2) is 0 Å². The molecule has 2 atom stereocenters. The Bertz CT molecular complexity index is 481. The third-order valence-electron chi connectivity index (χ3n) is 3.74. The van der Waals surface area contributed by atoms with Crippen LogP contribution in [0.25, 0.3) is 0 Å². The normalized spacial score (nSPS) is 24.4. The van der Waals surface area contributed by atoms with Gasteiger partial charge in [-0.05, 0) is 38.0 Å². The van der Waals surface area contributed by atoms with E-state index in [1.165, 1.54) is 6.07 Å². The van der Waals surface area contributed by atoms with Gasteiger partial charge in [-0.25, -0.2) is 4.39 Å². The molecule has 3 nitrogen and oxygen atoms in total. The van der Waals surface area contributed by atoms with E-state index in [2.05, 4.69) is 22.9 Å². The smallest absolute Gasteiger partial charge is 0.307 e. The summed E-state index contributed by atoms with van der Waals surface area (Å²) in [5, 5.41) is 9.10. The molecule has 1 aliphatic rings. The summed E-state index contributed by atoms with van der Waals surface area (Å²) in [4.78, 5) is 13.1. The van der Waals surface area contributed by atoms with Gasteiger partial charge >= 0.3 is 5.97 Å². The molecule has 0 aromatic heterocycles. The van der Waals surface area contributed by atoms with Crippen LogP contribution in [0, 0.1) is 11.7 Å². The second kappa shape index (κ2) is 6.01.